The third kappa shape index (κ3) is 2.08. The second kappa shape index (κ2) is 5.43. The SMILES string of the molecule is C=C=C(c1ccc(OC)cc1)C1(O)C(=O)N(C)c2ccccc21. The Morgan fingerprint density at radius 2 is 1.87 bits per heavy atom. The van der Waals surface area contributed by atoms with E-state index in [0.717, 1.165) is 0 Å². The Morgan fingerprint density at radius 1 is 1.22 bits per heavy atom. The molecule has 1 aliphatic rings. The van der Waals surface area contributed by atoms with E-state index in [4.69, 9.17) is 4.74 Å². The number of amides is 1. The molecule has 0 saturated carbocycles. The van der Waals surface area contributed by atoms with Crippen LogP contribution >= 0.6 is 0 Å². The third-order valence-electron chi connectivity index (χ3n) is 4.19. The number of hydrogen-bond acceptors (Lipinski definition) is 3. The predicted molar refractivity (Wildman–Crippen MR) is 89.3 cm³/mol. The first kappa shape index (κ1) is 15.1. The highest BCUT2D eigenvalue weighted by atomic mass is 16.5. The second-order valence-electron chi connectivity index (χ2n) is 5.37. The Morgan fingerprint density at radius 3 is 2.48 bits per heavy atom. The molecular formula is C19H17NO3. The van der Waals surface area contributed by atoms with Gasteiger partial charge in [-0.05, 0) is 23.8 Å². The highest BCUT2D eigenvalue weighted by Crippen LogP contribution is 2.46. The summed E-state index contributed by atoms with van der Waals surface area (Å²) in [5.74, 6) is 0.278. The van der Waals surface area contributed by atoms with E-state index in [1.165, 1.54) is 4.90 Å². The molecule has 2 aromatic carbocycles. The zero-order valence-electron chi connectivity index (χ0n) is 13.0. The number of hydrogen-bond donors (Lipinski definition) is 1. The van der Waals surface area contributed by atoms with Crippen molar-refractivity contribution in [1.29, 1.82) is 0 Å². The second-order valence-corrected chi connectivity index (χ2v) is 5.37. The maximum absolute atomic E-state index is 12.7. The molecule has 4 heteroatoms. The molecule has 0 aromatic heterocycles. The van der Waals surface area contributed by atoms with Crippen LogP contribution in [0.3, 0.4) is 0 Å². The standard InChI is InChI=1S/C19H17NO3/c1-4-15(13-9-11-14(23-3)12-10-13)19(22)16-7-5-6-8-17(16)20(2)18(19)21/h5-12,22H,1H2,2-3H3. The van der Waals surface area contributed by atoms with Gasteiger partial charge in [0.05, 0.1) is 12.8 Å². The molecule has 0 saturated heterocycles. The molecule has 3 rings (SSSR count). The number of carbonyl (C=O) groups excluding carboxylic acids is 1. The summed E-state index contributed by atoms with van der Waals surface area (Å²) in [5, 5.41) is 11.3. The topological polar surface area (TPSA) is 49.8 Å². The van der Waals surface area contributed by atoms with Gasteiger partial charge in [-0.1, -0.05) is 36.9 Å². The van der Waals surface area contributed by atoms with Crippen molar-refractivity contribution in [3.63, 3.8) is 0 Å². The maximum Gasteiger partial charge on any atom is 0.268 e. The van der Waals surface area contributed by atoms with Crippen molar-refractivity contribution in [2.45, 2.75) is 5.60 Å². The van der Waals surface area contributed by atoms with Crippen LogP contribution in [0.15, 0.2) is 60.8 Å². The molecule has 1 atom stereocenters. The number of likely N-dealkylation sites (N-methyl/N-ethyl adjacent to an activating group) is 1. The number of aliphatic hydroxyl groups is 1. The van der Waals surface area contributed by atoms with Crippen molar-refractivity contribution in [3.05, 3.63) is 72.0 Å². The zero-order chi connectivity index (χ0) is 16.6. The van der Waals surface area contributed by atoms with Gasteiger partial charge in [-0.25, -0.2) is 0 Å². The Kier molecular flexibility index (Phi) is 3.57. The van der Waals surface area contributed by atoms with E-state index >= 15 is 0 Å². The molecule has 0 bridgehead atoms. The molecule has 1 aliphatic heterocycles. The van der Waals surface area contributed by atoms with Gasteiger partial charge in [0.15, 0.2) is 0 Å². The van der Waals surface area contributed by atoms with Crippen molar-refractivity contribution in [2.75, 3.05) is 19.1 Å². The maximum atomic E-state index is 12.7. The lowest BCUT2D eigenvalue weighted by Gasteiger charge is -2.24. The summed E-state index contributed by atoms with van der Waals surface area (Å²) in [6, 6.07) is 14.3. The van der Waals surface area contributed by atoms with Crippen molar-refractivity contribution in [3.8, 4) is 5.75 Å². The van der Waals surface area contributed by atoms with Crippen LogP contribution in [-0.2, 0) is 10.4 Å². The Labute approximate surface area is 134 Å². The van der Waals surface area contributed by atoms with Crippen molar-refractivity contribution in [2.24, 2.45) is 0 Å². The van der Waals surface area contributed by atoms with E-state index in [1.807, 2.05) is 6.07 Å². The van der Waals surface area contributed by atoms with Crippen LogP contribution in [0.1, 0.15) is 11.1 Å². The molecule has 0 aliphatic carbocycles. The summed E-state index contributed by atoms with van der Waals surface area (Å²) in [6.45, 7) is 3.68. The zero-order valence-corrected chi connectivity index (χ0v) is 13.0. The smallest absolute Gasteiger partial charge is 0.268 e. The lowest BCUT2D eigenvalue weighted by atomic mass is 9.83. The van der Waals surface area contributed by atoms with Crippen LogP contribution in [0.25, 0.3) is 5.57 Å². The Hall–Kier alpha value is -2.81. The lowest BCUT2D eigenvalue weighted by Crippen LogP contribution is -2.39. The van der Waals surface area contributed by atoms with Gasteiger partial charge in [0, 0.05) is 18.2 Å². The van der Waals surface area contributed by atoms with Crippen LogP contribution in [-0.4, -0.2) is 25.2 Å². The molecular weight excluding hydrogens is 290 g/mol. The van der Waals surface area contributed by atoms with E-state index < -0.39 is 11.5 Å². The van der Waals surface area contributed by atoms with E-state index in [0.29, 0.717) is 28.1 Å². The van der Waals surface area contributed by atoms with Gasteiger partial charge < -0.3 is 14.7 Å². The number of nitrogens with zero attached hydrogens (tertiary/aromatic N) is 1. The Bertz CT molecular complexity index is 819. The van der Waals surface area contributed by atoms with E-state index in [-0.39, 0.29) is 0 Å². The minimum absolute atomic E-state index is 0.335. The molecule has 2 aromatic rings. The average molecular weight is 307 g/mol. The van der Waals surface area contributed by atoms with Crippen molar-refractivity contribution < 1.29 is 14.6 Å². The van der Waals surface area contributed by atoms with E-state index in [9.17, 15) is 9.90 Å². The number of ether oxygens (including phenoxy) is 1. The molecule has 1 heterocycles. The van der Waals surface area contributed by atoms with E-state index in [2.05, 4.69) is 12.3 Å². The van der Waals surface area contributed by atoms with Gasteiger partial charge in [-0.15, -0.1) is 5.73 Å². The summed E-state index contributed by atoms with van der Waals surface area (Å²) in [5.41, 5.74) is 3.19. The molecule has 0 spiro atoms. The fourth-order valence-corrected chi connectivity index (χ4v) is 2.98. The first-order valence-electron chi connectivity index (χ1n) is 7.19. The number of rotatable bonds is 3. The van der Waals surface area contributed by atoms with Gasteiger partial charge in [0.1, 0.15) is 5.75 Å². The number of benzene rings is 2. The van der Waals surface area contributed by atoms with Gasteiger partial charge in [-0.3, -0.25) is 4.79 Å². The van der Waals surface area contributed by atoms with Crippen molar-refractivity contribution >= 4 is 17.2 Å². The molecule has 0 radical (unpaired) electrons. The minimum Gasteiger partial charge on any atom is -0.497 e. The summed E-state index contributed by atoms with van der Waals surface area (Å²) in [7, 11) is 3.23. The fourth-order valence-electron chi connectivity index (χ4n) is 2.98. The molecule has 4 nitrogen and oxygen atoms in total. The van der Waals surface area contributed by atoms with Gasteiger partial charge in [-0.2, -0.15) is 0 Å². The summed E-state index contributed by atoms with van der Waals surface area (Å²) in [4.78, 5) is 14.2. The molecule has 1 N–H and O–H groups in total. The number of anilines is 1. The molecule has 116 valence electrons. The third-order valence-corrected chi connectivity index (χ3v) is 4.19. The molecule has 1 amide bonds. The fraction of sp³-hybridized carbons (Fsp3) is 0.158. The van der Waals surface area contributed by atoms with Gasteiger partial charge >= 0.3 is 0 Å². The largest absolute Gasteiger partial charge is 0.497 e. The van der Waals surface area contributed by atoms with Gasteiger partial charge in [0.25, 0.3) is 5.91 Å². The summed E-state index contributed by atoms with van der Waals surface area (Å²) >= 11 is 0. The highest BCUT2D eigenvalue weighted by Gasteiger charge is 2.51. The first-order valence-corrected chi connectivity index (χ1v) is 7.19. The molecule has 1 unspecified atom stereocenters. The number of fused-ring (bicyclic) bond motifs is 1. The summed E-state index contributed by atoms with van der Waals surface area (Å²) < 4.78 is 5.14. The van der Waals surface area contributed by atoms with Crippen molar-refractivity contribution in [1.82, 2.24) is 0 Å². The average Bonchev–Trinajstić information content (AvgIpc) is 2.79. The van der Waals surface area contributed by atoms with Crippen LogP contribution in [0, 0.1) is 0 Å². The van der Waals surface area contributed by atoms with E-state index in [1.54, 1.807) is 56.6 Å². The molecule has 23 heavy (non-hydrogen) atoms. The Balaban J connectivity index is 2.17. The predicted octanol–water partition coefficient (Wildman–Crippen LogP) is 2.73. The van der Waals surface area contributed by atoms with Crippen LogP contribution < -0.4 is 9.64 Å². The van der Waals surface area contributed by atoms with Crippen LogP contribution in [0.2, 0.25) is 0 Å². The lowest BCUT2D eigenvalue weighted by molar-refractivity contribution is -0.130. The molecule has 0 fully saturated rings. The minimum atomic E-state index is -1.79. The monoisotopic (exact) mass is 307 g/mol. The summed E-state index contributed by atoms with van der Waals surface area (Å²) in [6.07, 6.45) is 0. The number of para-hydroxylation sites is 1. The van der Waals surface area contributed by atoms with Gasteiger partial charge in [0.2, 0.25) is 5.60 Å². The normalized spacial score (nSPS) is 19.3. The van der Waals surface area contributed by atoms with Crippen LogP contribution in [0.4, 0.5) is 5.69 Å². The number of methoxy groups -OCH3 is 1. The first-order chi connectivity index (χ1) is 11.0. The highest BCUT2D eigenvalue weighted by molar-refractivity contribution is 6.14. The quantitative estimate of drug-likeness (QED) is 0.887. The number of carbonyl (C=O) groups is 1. The van der Waals surface area contributed by atoms with Crippen LogP contribution in [0.5, 0.6) is 5.75 Å².